The molecule has 1 nitrogen and oxygen atoms in total. The molecule has 0 bridgehead atoms. The van der Waals surface area contributed by atoms with Crippen LogP contribution in [-0.4, -0.2) is 10.6 Å². The van der Waals surface area contributed by atoms with Gasteiger partial charge >= 0.3 is 0 Å². The molecule has 13 heavy (non-hydrogen) atoms. The molecule has 0 aliphatic heterocycles. The fraction of sp³-hybridized carbons (Fsp3) is 0.300. The van der Waals surface area contributed by atoms with Gasteiger partial charge in [-0.3, -0.25) is 4.79 Å². The van der Waals surface area contributed by atoms with Crippen LogP contribution in [0.3, 0.4) is 0 Å². The molecule has 1 aromatic carbocycles. The number of ketones is 1. The van der Waals surface area contributed by atoms with Gasteiger partial charge in [-0.1, -0.05) is 44.0 Å². The van der Waals surface area contributed by atoms with Gasteiger partial charge in [0.25, 0.3) is 0 Å². The summed E-state index contributed by atoms with van der Waals surface area (Å²) in [5.74, 6) is 0.124. The van der Waals surface area contributed by atoms with Crippen molar-refractivity contribution in [3.63, 3.8) is 0 Å². The fourth-order valence-corrected chi connectivity index (χ4v) is 1.70. The lowest BCUT2D eigenvalue weighted by atomic mass is 10.0. The second-order valence-electron chi connectivity index (χ2n) is 2.89. The van der Waals surface area contributed by atoms with Crippen molar-refractivity contribution in [3.8, 4) is 0 Å². The maximum Gasteiger partial charge on any atom is 0.176 e. The van der Waals surface area contributed by atoms with Crippen molar-refractivity contribution in [2.45, 2.75) is 18.7 Å². The van der Waals surface area contributed by atoms with Gasteiger partial charge in [0, 0.05) is 10.0 Å². The Kier molecular flexibility index (Phi) is 3.68. The van der Waals surface area contributed by atoms with Crippen LogP contribution in [0.4, 0.5) is 0 Å². The van der Waals surface area contributed by atoms with Gasteiger partial charge in [-0.15, -0.1) is 0 Å². The zero-order chi connectivity index (χ0) is 10.0. The maximum absolute atomic E-state index is 11.6. The number of carbonyl (C=O) groups is 1. The molecule has 3 heteroatoms. The Hall–Kier alpha value is -0.150. The van der Waals surface area contributed by atoms with Gasteiger partial charge in [-0.2, -0.15) is 0 Å². The first-order valence-corrected chi connectivity index (χ1v) is 5.68. The van der Waals surface area contributed by atoms with Crippen molar-refractivity contribution in [3.05, 3.63) is 33.8 Å². The Labute approximate surface area is 94.8 Å². The van der Waals surface area contributed by atoms with Crippen molar-refractivity contribution in [2.24, 2.45) is 0 Å². The molecule has 0 heterocycles. The van der Waals surface area contributed by atoms with E-state index in [9.17, 15) is 4.79 Å². The van der Waals surface area contributed by atoms with E-state index in [1.54, 1.807) is 0 Å². The number of rotatable bonds is 2. The molecule has 0 aliphatic rings. The molecule has 1 atom stereocenters. The molecule has 0 aliphatic carbocycles. The number of hydrogen-bond donors (Lipinski definition) is 0. The minimum atomic E-state index is -0.125. The Morgan fingerprint density at radius 2 is 2.08 bits per heavy atom. The molecule has 1 rings (SSSR count). The van der Waals surface area contributed by atoms with Crippen LogP contribution in [0.5, 0.6) is 0 Å². The quantitative estimate of drug-likeness (QED) is 0.601. The standard InChI is InChI=1S/C10H10Br2O/c1-6-8(10(13)7(2)11)4-3-5-9(6)12/h3-5,7H,1-2H3. The number of Topliss-reactive ketones (excluding diaryl/α,β-unsaturated/α-hetero) is 1. The van der Waals surface area contributed by atoms with Crippen LogP contribution in [0.1, 0.15) is 22.8 Å². The van der Waals surface area contributed by atoms with E-state index in [-0.39, 0.29) is 10.6 Å². The normalized spacial score (nSPS) is 12.6. The summed E-state index contributed by atoms with van der Waals surface area (Å²) in [6.45, 7) is 3.77. The number of carbonyl (C=O) groups excluding carboxylic acids is 1. The summed E-state index contributed by atoms with van der Waals surface area (Å²) in [7, 11) is 0. The van der Waals surface area contributed by atoms with E-state index in [2.05, 4.69) is 31.9 Å². The third kappa shape index (κ3) is 2.41. The van der Waals surface area contributed by atoms with Crippen molar-refractivity contribution < 1.29 is 4.79 Å². The van der Waals surface area contributed by atoms with Crippen molar-refractivity contribution >= 4 is 37.6 Å². The molecular formula is C10H10Br2O. The third-order valence-corrected chi connectivity index (χ3v) is 3.17. The van der Waals surface area contributed by atoms with E-state index < -0.39 is 0 Å². The molecule has 70 valence electrons. The smallest absolute Gasteiger partial charge is 0.176 e. The second-order valence-corrected chi connectivity index (χ2v) is 5.12. The Balaban J connectivity index is 3.15. The molecule has 0 N–H and O–H groups in total. The summed E-state index contributed by atoms with van der Waals surface area (Å²) in [4.78, 5) is 11.5. The Morgan fingerprint density at radius 3 is 2.62 bits per heavy atom. The predicted octanol–water partition coefficient (Wildman–Crippen LogP) is 3.72. The van der Waals surface area contributed by atoms with Gasteiger partial charge in [0.15, 0.2) is 5.78 Å². The predicted molar refractivity (Wildman–Crippen MR) is 61.6 cm³/mol. The van der Waals surface area contributed by atoms with E-state index in [0.717, 1.165) is 15.6 Å². The minimum Gasteiger partial charge on any atom is -0.293 e. The van der Waals surface area contributed by atoms with Crippen LogP contribution >= 0.6 is 31.9 Å². The van der Waals surface area contributed by atoms with Crippen LogP contribution in [-0.2, 0) is 0 Å². The third-order valence-electron chi connectivity index (χ3n) is 1.89. The molecule has 0 fully saturated rings. The first kappa shape index (κ1) is 10.9. The summed E-state index contributed by atoms with van der Waals surface area (Å²) in [5, 5.41) is 0. The fourth-order valence-electron chi connectivity index (χ4n) is 1.09. The average molecular weight is 306 g/mol. The van der Waals surface area contributed by atoms with Gasteiger partial charge in [0.1, 0.15) is 0 Å². The number of halogens is 2. The SMILES string of the molecule is Cc1c(Br)cccc1C(=O)C(C)Br. The van der Waals surface area contributed by atoms with Crippen LogP contribution in [0.25, 0.3) is 0 Å². The maximum atomic E-state index is 11.6. The van der Waals surface area contributed by atoms with Crippen molar-refractivity contribution in [1.29, 1.82) is 0 Å². The van der Waals surface area contributed by atoms with Crippen molar-refractivity contribution in [2.75, 3.05) is 0 Å². The van der Waals surface area contributed by atoms with Gasteiger partial charge in [-0.05, 0) is 25.5 Å². The summed E-state index contributed by atoms with van der Waals surface area (Å²) < 4.78 is 0.978. The molecule has 0 spiro atoms. The van der Waals surface area contributed by atoms with E-state index >= 15 is 0 Å². The number of alkyl halides is 1. The largest absolute Gasteiger partial charge is 0.293 e. The number of hydrogen-bond acceptors (Lipinski definition) is 1. The molecule has 0 aromatic heterocycles. The zero-order valence-corrected chi connectivity index (χ0v) is 10.6. The number of benzene rings is 1. The molecule has 0 radical (unpaired) electrons. The summed E-state index contributed by atoms with van der Waals surface area (Å²) in [5.41, 5.74) is 1.78. The topological polar surface area (TPSA) is 17.1 Å². The highest BCUT2D eigenvalue weighted by atomic mass is 79.9. The highest BCUT2D eigenvalue weighted by Crippen LogP contribution is 2.21. The van der Waals surface area contributed by atoms with Crippen LogP contribution in [0.2, 0.25) is 0 Å². The molecular weight excluding hydrogens is 296 g/mol. The Morgan fingerprint density at radius 1 is 1.46 bits per heavy atom. The highest BCUT2D eigenvalue weighted by Gasteiger charge is 2.14. The molecule has 1 aromatic rings. The first-order valence-electron chi connectivity index (χ1n) is 3.97. The van der Waals surface area contributed by atoms with E-state index in [0.29, 0.717) is 0 Å². The van der Waals surface area contributed by atoms with E-state index in [1.165, 1.54) is 0 Å². The van der Waals surface area contributed by atoms with Crippen LogP contribution in [0, 0.1) is 6.92 Å². The van der Waals surface area contributed by atoms with Gasteiger partial charge < -0.3 is 0 Å². The first-order chi connectivity index (χ1) is 6.04. The lowest BCUT2D eigenvalue weighted by Gasteiger charge is -2.07. The summed E-state index contributed by atoms with van der Waals surface area (Å²) in [6, 6.07) is 5.66. The van der Waals surface area contributed by atoms with Gasteiger partial charge in [-0.25, -0.2) is 0 Å². The van der Waals surface area contributed by atoms with E-state index in [1.807, 2.05) is 32.0 Å². The van der Waals surface area contributed by atoms with Crippen molar-refractivity contribution in [1.82, 2.24) is 0 Å². The van der Waals surface area contributed by atoms with Crippen LogP contribution < -0.4 is 0 Å². The lowest BCUT2D eigenvalue weighted by molar-refractivity contribution is 0.0995. The molecule has 0 amide bonds. The van der Waals surface area contributed by atoms with E-state index in [4.69, 9.17) is 0 Å². The van der Waals surface area contributed by atoms with Gasteiger partial charge in [0.2, 0.25) is 0 Å². The minimum absolute atomic E-state index is 0.124. The summed E-state index contributed by atoms with van der Waals surface area (Å²) in [6.07, 6.45) is 0. The molecule has 0 saturated heterocycles. The Bertz CT molecular complexity index is 332. The van der Waals surface area contributed by atoms with Gasteiger partial charge in [0.05, 0.1) is 4.83 Å². The lowest BCUT2D eigenvalue weighted by Crippen LogP contribution is -2.11. The van der Waals surface area contributed by atoms with Crippen LogP contribution in [0.15, 0.2) is 22.7 Å². The monoisotopic (exact) mass is 304 g/mol. The zero-order valence-electron chi connectivity index (χ0n) is 7.47. The second kappa shape index (κ2) is 4.38. The average Bonchev–Trinajstić information content (AvgIpc) is 2.08. The molecule has 0 saturated carbocycles. The molecule has 1 unspecified atom stereocenters. The highest BCUT2D eigenvalue weighted by molar-refractivity contribution is 9.10. The summed E-state index contributed by atoms with van der Waals surface area (Å²) >= 11 is 6.67.